The zero-order valence-corrected chi connectivity index (χ0v) is 16.1. The minimum Gasteiger partial charge on any atom is -0.462 e. The van der Waals surface area contributed by atoms with E-state index in [1.807, 2.05) is 0 Å². The lowest BCUT2D eigenvalue weighted by Gasteiger charge is -2.34. The van der Waals surface area contributed by atoms with Crippen molar-refractivity contribution in [3.63, 3.8) is 0 Å². The number of carbonyl (C=O) groups excluding carboxylic acids is 4. The number of piperazine rings is 1. The molecule has 2 amide bonds. The van der Waals surface area contributed by atoms with Gasteiger partial charge in [0.15, 0.2) is 6.61 Å². The second-order valence-electron chi connectivity index (χ2n) is 6.31. The summed E-state index contributed by atoms with van der Waals surface area (Å²) in [5, 5.41) is 0. The molecule has 1 N–H and O–H groups in total. The normalized spacial score (nSPS) is 14.1. The summed E-state index contributed by atoms with van der Waals surface area (Å²) < 4.78 is 10.1. The molecule has 1 aliphatic rings. The lowest BCUT2D eigenvalue weighted by Crippen LogP contribution is -2.51. The third-order valence-corrected chi connectivity index (χ3v) is 4.53. The molecule has 1 aromatic rings. The van der Waals surface area contributed by atoms with Crippen LogP contribution in [0.25, 0.3) is 0 Å². The number of aryl methyl sites for hydroxylation is 1. The molecule has 2 rings (SSSR count). The van der Waals surface area contributed by atoms with Crippen LogP contribution in [0.15, 0.2) is 0 Å². The highest BCUT2D eigenvalue weighted by Crippen LogP contribution is 2.20. The standard InChI is InChI=1S/C18H25N3O6/c1-5-26-17(24)15-11(2)16(19-12(15)3)18(25)27-10-14(23)21-8-6-20(7-9-21)13(4)22/h19H,5-10H2,1-4H3. The van der Waals surface area contributed by atoms with Gasteiger partial charge in [0.1, 0.15) is 5.69 Å². The highest BCUT2D eigenvalue weighted by molar-refractivity contribution is 5.99. The molecule has 1 aliphatic heterocycles. The first kappa shape index (κ1) is 20.5. The van der Waals surface area contributed by atoms with Crippen LogP contribution in [0.2, 0.25) is 0 Å². The Morgan fingerprint density at radius 2 is 1.56 bits per heavy atom. The van der Waals surface area contributed by atoms with Crippen molar-refractivity contribution in [3.05, 3.63) is 22.5 Å². The van der Waals surface area contributed by atoms with Gasteiger partial charge in [-0.3, -0.25) is 9.59 Å². The Hall–Kier alpha value is -2.84. The highest BCUT2D eigenvalue weighted by Gasteiger charge is 2.26. The first-order valence-electron chi connectivity index (χ1n) is 8.82. The van der Waals surface area contributed by atoms with E-state index in [0.717, 1.165) is 0 Å². The smallest absolute Gasteiger partial charge is 0.355 e. The van der Waals surface area contributed by atoms with Crippen LogP contribution in [-0.2, 0) is 19.1 Å². The van der Waals surface area contributed by atoms with E-state index in [0.29, 0.717) is 43.0 Å². The minimum absolute atomic E-state index is 0.0245. The SMILES string of the molecule is CCOC(=O)c1c(C)[nH]c(C(=O)OCC(=O)N2CCN(C(C)=O)CC2)c1C. The maximum atomic E-state index is 12.3. The van der Waals surface area contributed by atoms with E-state index in [-0.39, 0.29) is 24.1 Å². The predicted molar refractivity (Wildman–Crippen MR) is 95.3 cm³/mol. The maximum absolute atomic E-state index is 12.3. The minimum atomic E-state index is -0.707. The summed E-state index contributed by atoms with van der Waals surface area (Å²) in [5.74, 6) is -1.56. The molecule has 1 saturated heterocycles. The van der Waals surface area contributed by atoms with Crippen LogP contribution < -0.4 is 0 Å². The van der Waals surface area contributed by atoms with Crippen LogP contribution in [0.3, 0.4) is 0 Å². The molecule has 0 spiro atoms. The fourth-order valence-corrected chi connectivity index (χ4v) is 3.03. The van der Waals surface area contributed by atoms with Gasteiger partial charge in [0, 0.05) is 38.8 Å². The quantitative estimate of drug-likeness (QED) is 0.753. The number of ether oxygens (including phenoxy) is 2. The molecule has 1 aromatic heterocycles. The summed E-state index contributed by atoms with van der Waals surface area (Å²) >= 11 is 0. The van der Waals surface area contributed by atoms with E-state index in [9.17, 15) is 19.2 Å². The van der Waals surface area contributed by atoms with Crippen LogP contribution >= 0.6 is 0 Å². The highest BCUT2D eigenvalue weighted by atomic mass is 16.5. The fourth-order valence-electron chi connectivity index (χ4n) is 3.03. The van der Waals surface area contributed by atoms with Crippen LogP contribution in [0.1, 0.15) is 46.0 Å². The lowest BCUT2D eigenvalue weighted by atomic mass is 10.1. The summed E-state index contributed by atoms with van der Waals surface area (Å²) in [7, 11) is 0. The van der Waals surface area contributed by atoms with Crippen molar-refractivity contribution >= 4 is 23.8 Å². The third kappa shape index (κ3) is 4.66. The van der Waals surface area contributed by atoms with Gasteiger partial charge in [-0.25, -0.2) is 9.59 Å². The molecule has 1 fully saturated rings. The lowest BCUT2D eigenvalue weighted by molar-refractivity contribution is -0.140. The second-order valence-corrected chi connectivity index (χ2v) is 6.31. The van der Waals surface area contributed by atoms with Crippen molar-refractivity contribution < 1.29 is 28.7 Å². The predicted octanol–water partition coefficient (Wildman–Crippen LogP) is 0.656. The Labute approximate surface area is 157 Å². The summed E-state index contributed by atoms with van der Waals surface area (Å²) in [6, 6.07) is 0. The Balaban J connectivity index is 1.94. The summed E-state index contributed by atoms with van der Waals surface area (Å²) in [6.45, 7) is 8.05. The molecule has 0 bridgehead atoms. The zero-order chi connectivity index (χ0) is 20.1. The Bertz CT molecular complexity index is 747. The zero-order valence-electron chi connectivity index (χ0n) is 16.1. The molecule has 9 heteroatoms. The average molecular weight is 379 g/mol. The number of nitrogens with zero attached hydrogens (tertiary/aromatic N) is 2. The van der Waals surface area contributed by atoms with Gasteiger partial charge >= 0.3 is 11.9 Å². The van der Waals surface area contributed by atoms with Crippen molar-refractivity contribution in [2.45, 2.75) is 27.7 Å². The number of aromatic amines is 1. The van der Waals surface area contributed by atoms with Crippen molar-refractivity contribution in [2.24, 2.45) is 0 Å². The van der Waals surface area contributed by atoms with E-state index in [1.165, 1.54) is 6.92 Å². The monoisotopic (exact) mass is 379 g/mol. The molecule has 27 heavy (non-hydrogen) atoms. The Kier molecular flexibility index (Phi) is 6.59. The van der Waals surface area contributed by atoms with Crippen LogP contribution in [0, 0.1) is 13.8 Å². The van der Waals surface area contributed by atoms with Crippen molar-refractivity contribution in [2.75, 3.05) is 39.4 Å². The number of hydrogen-bond acceptors (Lipinski definition) is 6. The Morgan fingerprint density at radius 3 is 2.11 bits per heavy atom. The van der Waals surface area contributed by atoms with Gasteiger partial charge in [-0.2, -0.15) is 0 Å². The fraction of sp³-hybridized carbons (Fsp3) is 0.556. The Morgan fingerprint density at radius 1 is 0.963 bits per heavy atom. The van der Waals surface area contributed by atoms with Gasteiger partial charge < -0.3 is 24.3 Å². The van der Waals surface area contributed by atoms with Crippen LogP contribution in [0.5, 0.6) is 0 Å². The van der Waals surface area contributed by atoms with Crippen molar-refractivity contribution in [1.82, 2.24) is 14.8 Å². The van der Waals surface area contributed by atoms with Gasteiger partial charge in [0.2, 0.25) is 5.91 Å². The molecule has 0 saturated carbocycles. The molecule has 0 radical (unpaired) electrons. The van der Waals surface area contributed by atoms with Crippen LogP contribution in [-0.4, -0.2) is 77.9 Å². The van der Waals surface area contributed by atoms with Crippen molar-refractivity contribution in [1.29, 1.82) is 0 Å². The van der Waals surface area contributed by atoms with E-state index in [4.69, 9.17) is 9.47 Å². The first-order chi connectivity index (χ1) is 12.8. The van der Waals surface area contributed by atoms with Gasteiger partial charge in [-0.05, 0) is 26.3 Å². The third-order valence-electron chi connectivity index (χ3n) is 4.53. The molecule has 148 valence electrons. The number of amides is 2. The average Bonchev–Trinajstić information content (AvgIpc) is 2.94. The molecule has 0 aromatic carbocycles. The molecule has 0 unspecified atom stereocenters. The van der Waals surface area contributed by atoms with E-state index in [2.05, 4.69) is 4.98 Å². The van der Waals surface area contributed by atoms with Gasteiger partial charge in [0.25, 0.3) is 5.91 Å². The van der Waals surface area contributed by atoms with Gasteiger partial charge in [-0.1, -0.05) is 0 Å². The topological polar surface area (TPSA) is 109 Å². The van der Waals surface area contributed by atoms with E-state index < -0.39 is 18.5 Å². The number of hydrogen-bond donors (Lipinski definition) is 1. The van der Waals surface area contributed by atoms with Gasteiger partial charge in [0.05, 0.1) is 12.2 Å². The van der Waals surface area contributed by atoms with Gasteiger partial charge in [-0.15, -0.1) is 0 Å². The number of H-pyrrole nitrogens is 1. The van der Waals surface area contributed by atoms with E-state index >= 15 is 0 Å². The number of nitrogens with one attached hydrogen (secondary N) is 1. The number of esters is 2. The number of rotatable bonds is 5. The number of carbonyl (C=O) groups is 4. The summed E-state index contributed by atoms with van der Waals surface area (Å²) in [5.41, 5.74) is 1.36. The molecule has 2 heterocycles. The number of aromatic nitrogens is 1. The van der Waals surface area contributed by atoms with Crippen LogP contribution in [0.4, 0.5) is 0 Å². The molecule has 0 aliphatic carbocycles. The molecular formula is C18H25N3O6. The first-order valence-corrected chi connectivity index (χ1v) is 8.82. The van der Waals surface area contributed by atoms with E-state index in [1.54, 1.807) is 30.6 Å². The summed E-state index contributed by atoms with van der Waals surface area (Å²) in [6.07, 6.45) is 0. The second kappa shape index (κ2) is 8.70. The molecule has 0 atom stereocenters. The molecular weight excluding hydrogens is 354 g/mol. The molecule has 9 nitrogen and oxygen atoms in total. The maximum Gasteiger partial charge on any atom is 0.355 e. The van der Waals surface area contributed by atoms with Crippen molar-refractivity contribution in [3.8, 4) is 0 Å². The largest absolute Gasteiger partial charge is 0.462 e. The summed E-state index contributed by atoms with van der Waals surface area (Å²) in [4.78, 5) is 53.9.